The first-order valence-corrected chi connectivity index (χ1v) is 7.25. The molecule has 0 fully saturated rings. The van der Waals surface area contributed by atoms with Crippen LogP contribution in [0.3, 0.4) is 0 Å². The topological polar surface area (TPSA) is 76.2 Å². The lowest BCUT2D eigenvalue weighted by Crippen LogP contribution is -2.22. The summed E-state index contributed by atoms with van der Waals surface area (Å²) in [5.74, 6) is 0.964. The first-order valence-electron chi connectivity index (χ1n) is 6.20. The highest BCUT2D eigenvalue weighted by Crippen LogP contribution is 2.23. The molecule has 102 valence electrons. The third-order valence-electron chi connectivity index (χ3n) is 2.50. The number of carbonyl (C=O) groups is 1. The molecular formula is C12H20N2O3S. The quantitative estimate of drug-likeness (QED) is 0.784. The van der Waals surface area contributed by atoms with Crippen LogP contribution in [0.2, 0.25) is 0 Å². The standard InChI is InChI=1S/C12H20N2O3S/c1-4-5-6-9-13-10(17-14-9)7-18-11(8(2)3)12(15)16/h8,11H,4-7H2,1-3H3,(H,15,16). The molecular weight excluding hydrogens is 252 g/mol. The van der Waals surface area contributed by atoms with Gasteiger partial charge in [-0.15, -0.1) is 11.8 Å². The second kappa shape index (κ2) is 7.41. The third-order valence-corrected chi connectivity index (χ3v) is 4.02. The Balaban J connectivity index is 2.47. The van der Waals surface area contributed by atoms with Gasteiger partial charge in [-0.3, -0.25) is 4.79 Å². The highest BCUT2D eigenvalue weighted by molar-refractivity contribution is 7.99. The van der Waals surface area contributed by atoms with Gasteiger partial charge in [0.05, 0.1) is 5.75 Å². The molecule has 1 N–H and O–H groups in total. The number of carboxylic acids is 1. The van der Waals surface area contributed by atoms with E-state index in [1.165, 1.54) is 11.8 Å². The van der Waals surface area contributed by atoms with Crippen molar-refractivity contribution in [2.24, 2.45) is 5.92 Å². The molecule has 1 unspecified atom stereocenters. The van der Waals surface area contributed by atoms with Crippen LogP contribution in [0, 0.1) is 5.92 Å². The van der Waals surface area contributed by atoms with Crippen LogP contribution < -0.4 is 0 Å². The molecule has 0 aliphatic rings. The maximum Gasteiger partial charge on any atom is 0.316 e. The Morgan fingerprint density at radius 1 is 1.50 bits per heavy atom. The molecule has 0 radical (unpaired) electrons. The van der Waals surface area contributed by atoms with Gasteiger partial charge in [0.1, 0.15) is 5.25 Å². The van der Waals surface area contributed by atoms with Crippen LogP contribution in [0.25, 0.3) is 0 Å². The minimum absolute atomic E-state index is 0.0787. The van der Waals surface area contributed by atoms with Crippen LogP contribution in [0.5, 0.6) is 0 Å². The number of hydrogen-bond donors (Lipinski definition) is 1. The van der Waals surface area contributed by atoms with Crippen molar-refractivity contribution in [1.82, 2.24) is 10.1 Å². The summed E-state index contributed by atoms with van der Waals surface area (Å²) in [6.45, 7) is 5.90. The minimum Gasteiger partial charge on any atom is -0.480 e. The Hall–Kier alpha value is -1.04. The smallest absolute Gasteiger partial charge is 0.316 e. The summed E-state index contributed by atoms with van der Waals surface area (Å²) in [4.78, 5) is 15.3. The predicted molar refractivity (Wildman–Crippen MR) is 70.5 cm³/mol. The molecule has 18 heavy (non-hydrogen) atoms. The largest absolute Gasteiger partial charge is 0.480 e. The average Bonchev–Trinajstić information content (AvgIpc) is 2.73. The zero-order chi connectivity index (χ0) is 13.5. The maximum absolute atomic E-state index is 11.0. The Morgan fingerprint density at radius 3 is 2.78 bits per heavy atom. The van der Waals surface area contributed by atoms with E-state index in [1.807, 2.05) is 13.8 Å². The van der Waals surface area contributed by atoms with Crippen molar-refractivity contribution in [3.8, 4) is 0 Å². The van der Waals surface area contributed by atoms with Crippen molar-refractivity contribution in [2.45, 2.75) is 51.0 Å². The summed E-state index contributed by atoms with van der Waals surface area (Å²) in [7, 11) is 0. The van der Waals surface area contributed by atoms with Crippen molar-refractivity contribution in [3.05, 3.63) is 11.7 Å². The summed E-state index contributed by atoms with van der Waals surface area (Å²) >= 11 is 1.33. The first-order chi connectivity index (χ1) is 8.54. The number of aliphatic carboxylic acids is 1. The zero-order valence-electron chi connectivity index (χ0n) is 11.0. The van der Waals surface area contributed by atoms with Gasteiger partial charge in [-0.1, -0.05) is 32.3 Å². The molecule has 0 aliphatic heterocycles. The third kappa shape index (κ3) is 4.68. The normalized spacial score (nSPS) is 12.9. The van der Waals surface area contributed by atoms with Gasteiger partial charge in [-0.2, -0.15) is 4.98 Å². The number of aromatic nitrogens is 2. The van der Waals surface area contributed by atoms with Crippen molar-refractivity contribution < 1.29 is 14.4 Å². The second-order valence-corrected chi connectivity index (χ2v) is 5.65. The lowest BCUT2D eigenvalue weighted by molar-refractivity contribution is -0.137. The van der Waals surface area contributed by atoms with Crippen LogP contribution >= 0.6 is 11.8 Å². The fourth-order valence-electron chi connectivity index (χ4n) is 1.50. The molecule has 1 rings (SSSR count). The van der Waals surface area contributed by atoms with E-state index in [0.717, 1.165) is 19.3 Å². The Kier molecular flexibility index (Phi) is 6.18. The summed E-state index contributed by atoms with van der Waals surface area (Å²) in [5, 5.41) is 12.5. The van der Waals surface area contributed by atoms with Gasteiger partial charge < -0.3 is 9.63 Å². The number of unbranched alkanes of at least 4 members (excludes halogenated alkanes) is 1. The molecule has 1 aromatic heterocycles. The van der Waals surface area contributed by atoms with E-state index < -0.39 is 11.2 Å². The van der Waals surface area contributed by atoms with Gasteiger partial charge in [0.15, 0.2) is 5.82 Å². The van der Waals surface area contributed by atoms with Gasteiger partial charge in [-0.25, -0.2) is 0 Å². The van der Waals surface area contributed by atoms with Crippen LogP contribution in [-0.2, 0) is 17.0 Å². The van der Waals surface area contributed by atoms with Crippen molar-refractivity contribution in [2.75, 3.05) is 0 Å². The van der Waals surface area contributed by atoms with Gasteiger partial charge in [0.25, 0.3) is 0 Å². The van der Waals surface area contributed by atoms with E-state index in [0.29, 0.717) is 17.5 Å². The van der Waals surface area contributed by atoms with Crippen molar-refractivity contribution >= 4 is 17.7 Å². The van der Waals surface area contributed by atoms with Crippen LogP contribution in [0.4, 0.5) is 0 Å². The molecule has 0 spiro atoms. The Bertz CT molecular complexity index is 379. The van der Waals surface area contributed by atoms with E-state index in [1.54, 1.807) is 0 Å². The summed E-state index contributed by atoms with van der Waals surface area (Å²) < 4.78 is 5.10. The average molecular weight is 272 g/mol. The van der Waals surface area contributed by atoms with E-state index in [4.69, 9.17) is 9.63 Å². The minimum atomic E-state index is -0.791. The summed E-state index contributed by atoms with van der Waals surface area (Å²) in [5.41, 5.74) is 0. The number of thioether (sulfide) groups is 1. The van der Waals surface area contributed by atoms with Crippen molar-refractivity contribution in [3.63, 3.8) is 0 Å². The molecule has 0 saturated heterocycles. The number of carboxylic acid groups (broad SMARTS) is 1. The lowest BCUT2D eigenvalue weighted by Gasteiger charge is -2.13. The molecule has 0 aliphatic carbocycles. The van der Waals surface area contributed by atoms with Crippen LogP contribution in [0.1, 0.15) is 45.3 Å². The molecule has 0 amide bonds. The zero-order valence-corrected chi connectivity index (χ0v) is 11.9. The molecule has 0 aromatic carbocycles. The summed E-state index contributed by atoms with van der Waals surface area (Å²) in [6.07, 6.45) is 2.94. The number of aryl methyl sites for hydroxylation is 1. The predicted octanol–water partition coefficient (Wildman–Crippen LogP) is 2.75. The van der Waals surface area contributed by atoms with Gasteiger partial charge >= 0.3 is 5.97 Å². The van der Waals surface area contributed by atoms with E-state index in [2.05, 4.69) is 17.1 Å². The SMILES string of the molecule is CCCCc1noc(CSC(C(=O)O)C(C)C)n1. The van der Waals surface area contributed by atoms with E-state index in [9.17, 15) is 4.79 Å². The van der Waals surface area contributed by atoms with E-state index in [-0.39, 0.29) is 5.92 Å². The number of hydrogen-bond acceptors (Lipinski definition) is 5. The highest BCUT2D eigenvalue weighted by atomic mass is 32.2. The summed E-state index contributed by atoms with van der Waals surface area (Å²) in [6, 6.07) is 0. The highest BCUT2D eigenvalue weighted by Gasteiger charge is 2.22. The van der Waals surface area contributed by atoms with Crippen LogP contribution in [0.15, 0.2) is 4.52 Å². The van der Waals surface area contributed by atoms with Gasteiger partial charge in [0.2, 0.25) is 5.89 Å². The molecule has 1 atom stereocenters. The van der Waals surface area contributed by atoms with Crippen molar-refractivity contribution in [1.29, 1.82) is 0 Å². The van der Waals surface area contributed by atoms with E-state index >= 15 is 0 Å². The fraction of sp³-hybridized carbons (Fsp3) is 0.750. The molecule has 0 saturated carbocycles. The van der Waals surface area contributed by atoms with Gasteiger partial charge in [0, 0.05) is 6.42 Å². The molecule has 5 nitrogen and oxygen atoms in total. The Labute approximate surface area is 111 Å². The van der Waals surface area contributed by atoms with Gasteiger partial charge in [-0.05, 0) is 12.3 Å². The number of rotatable bonds is 8. The maximum atomic E-state index is 11.0. The monoisotopic (exact) mass is 272 g/mol. The molecule has 6 heteroatoms. The second-order valence-electron chi connectivity index (χ2n) is 4.52. The fourth-order valence-corrected chi connectivity index (χ4v) is 2.46. The lowest BCUT2D eigenvalue weighted by atomic mass is 10.1. The first kappa shape index (κ1) is 15.0. The molecule has 1 aromatic rings. The van der Waals surface area contributed by atoms with Crippen LogP contribution in [-0.4, -0.2) is 26.5 Å². The number of nitrogens with zero attached hydrogens (tertiary/aromatic N) is 2. The Morgan fingerprint density at radius 2 is 2.22 bits per heavy atom. The molecule has 0 bridgehead atoms. The molecule has 1 heterocycles.